The molecule has 7 rings (SSSR count). The summed E-state index contributed by atoms with van der Waals surface area (Å²) < 4.78 is 44.3. The SMILES string of the molecule is Cc1cnc2nc(-c3ccc(C)c(NC(=O)c4ccc(CNC(=O)C56CCC(N)(CC5)CC6)cc4C(F)(F)F)c3)cn2c1. The predicted molar refractivity (Wildman–Crippen MR) is 156 cm³/mol. The first kappa shape index (κ1) is 28.9. The standard InChI is InChI=1S/C32H33F3N6O2/c1-19-15-38-29-40-26(18-41(29)17-19)22-5-3-20(2)25(14-22)39-27(42)23-6-4-21(13-24(23)32(33,34)35)16-37-28(43)30-7-10-31(36,11-8-30)12-9-30/h3-6,13-15,17-18H,7-12,16,36H2,1-2H3,(H,37,43)(H,39,42). The molecule has 2 bridgehead atoms. The van der Waals surface area contributed by atoms with Gasteiger partial charge in [0.1, 0.15) is 0 Å². The van der Waals surface area contributed by atoms with Crippen molar-refractivity contribution in [1.29, 1.82) is 0 Å². The van der Waals surface area contributed by atoms with E-state index in [2.05, 4.69) is 20.6 Å². The van der Waals surface area contributed by atoms with Gasteiger partial charge < -0.3 is 16.4 Å². The lowest BCUT2D eigenvalue weighted by molar-refractivity contribution is -0.138. The maximum Gasteiger partial charge on any atom is 0.417 e. The Balaban J connectivity index is 1.20. The molecule has 3 aliphatic rings. The zero-order valence-corrected chi connectivity index (χ0v) is 24.0. The lowest BCUT2D eigenvalue weighted by atomic mass is 9.57. The largest absolute Gasteiger partial charge is 0.417 e. The molecule has 3 aliphatic carbocycles. The molecule has 4 aromatic rings. The summed E-state index contributed by atoms with van der Waals surface area (Å²) in [5, 5.41) is 5.50. The first-order valence-electron chi connectivity index (χ1n) is 14.4. The van der Waals surface area contributed by atoms with E-state index in [0.717, 1.165) is 37.0 Å². The third-order valence-corrected chi connectivity index (χ3v) is 9.09. The van der Waals surface area contributed by atoms with Crippen LogP contribution in [0.15, 0.2) is 55.0 Å². The summed E-state index contributed by atoms with van der Waals surface area (Å²) in [6.07, 6.45) is 5.03. The van der Waals surface area contributed by atoms with Crippen LogP contribution in [-0.2, 0) is 17.5 Å². The van der Waals surface area contributed by atoms with Gasteiger partial charge in [-0.05, 0) is 87.3 Å². The van der Waals surface area contributed by atoms with Crippen LogP contribution in [0.5, 0.6) is 0 Å². The van der Waals surface area contributed by atoms with Gasteiger partial charge in [-0.25, -0.2) is 9.97 Å². The van der Waals surface area contributed by atoms with Crippen molar-refractivity contribution < 1.29 is 22.8 Å². The number of fused-ring (bicyclic) bond motifs is 4. The number of carbonyl (C=O) groups is 2. The monoisotopic (exact) mass is 590 g/mol. The van der Waals surface area contributed by atoms with Crippen LogP contribution in [0.25, 0.3) is 17.0 Å². The summed E-state index contributed by atoms with van der Waals surface area (Å²) in [6, 6.07) is 8.84. The molecule has 3 saturated carbocycles. The minimum Gasteiger partial charge on any atom is -0.352 e. The Hall–Kier alpha value is -4.25. The van der Waals surface area contributed by atoms with Crippen LogP contribution in [0.2, 0.25) is 0 Å². The zero-order valence-electron chi connectivity index (χ0n) is 24.0. The number of nitrogens with two attached hydrogens (primary N) is 1. The van der Waals surface area contributed by atoms with Crippen LogP contribution < -0.4 is 16.4 Å². The van der Waals surface area contributed by atoms with E-state index in [4.69, 9.17) is 5.73 Å². The maximum atomic E-state index is 14.2. The van der Waals surface area contributed by atoms with Crippen LogP contribution in [0.4, 0.5) is 18.9 Å². The molecule has 11 heteroatoms. The summed E-state index contributed by atoms with van der Waals surface area (Å²) in [4.78, 5) is 35.1. The van der Waals surface area contributed by atoms with Crippen molar-refractivity contribution in [2.75, 3.05) is 5.32 Å². The highest BCUT2D eigenvalue weighted by molar-refractivity contribution is 6.06. The molecule has 2 heterocycles. The zero-order chi connectivity index (χ0) is 30.6. The van der Waals surface area contributed by atoms with Crippen molar-refractivity contribution >= 4 is 23.3 Å². The topological polar surface area (TPSA) is 114 Å². The van der Waals surface area contributed by atoms with E-state index in [1.54, 1.807) is 35.9 Å². The number of aromatic nitrogens is 3. The number of alkyl halides is 3. The molecule has 43 heavy (non-hydrogen) atoms. The second-order valence-electron chi connectivity index (χ2n) is 12.2. The van der Waals surface area contributed by atoms with Gasteiger partial charge in [0.25, 0.3) is 5.91 Å². The Bertz CT molecular complexity index is 1720. The molecule has 224 valence electrons. The summed E-state index contributed by atoms with van der Waals surface area (Å²) in [6.45, 7) is 3.62. The molecule has 0 spiro atoms. The molecule has 2 aromatic heterocycles. The fraction of sp³-hybridized carbons (Fsp3) is 0.375. The van der Waals surface area contributed by atoms with Gasteiger partial charge in [-0.2, -0.15) is 13.2 Å². The number of aryl methyl sites for hydroxylation is 2. The van der Waals surface area contributed by atoms with Crippen LogP contribution in [0.1, 0.15) is 71.1 Å². The van der Waals surface area contributed by atoms with Gasteiger partial charge in [-0.3, -0.25) is 14.0 Å². The molecule has 0 aliphatic heterocycles. The van der Waals surface area contributed by atoms with Crippen molar-refractivity contribution in [3.05, 3.63) is 82.8 Å². The molecule has 0 saturated heterocycles. The van der Waals surface area contributed by atoms with Gasteiger partial charge in [0.15, 0.2) is 0 Å². The molecular weight excluding hydrogens is 557 g/mol. The summed E-state index contributed by atoms with van der Waals surface area (Å²) in [5.74, 6) is -0.520. The predicted octanol–water partition coefficient (Wildman–Crippen LogP) is 5.95. The number of rotatable bonds is 6. The highest BCUT2D eigenvalue weighted by atomic mass is 19.4. The Morgan fingerprint density at radius 3 is 2.42 bits per heavy atom. The first-order chi connectivity index (χ1) is 20.3. The number of hydrogen-bond acceptors (Lipinski definition) is 5. The molecular formula is C32H33F3N6O2. The number of benzene rings is 2. The van der Waals surface area contributed by atoms with Gasteiger partial charge in [0, 0.05) is 47.3 Å². The van der Waals surface area contributed by atoms with Crippen molar-refractivity contribution in [1.82, 2.24) is 19.7 Å². The number of hydrogen-bond donors (Lipinski definition) is 3. The van der Waals surface area contributed by atoms with Crippen molar-refractivity contribution in [3.8, 4) is 11.3 Å². The highest BCUT2D eigenvalue weighted by Crippen LogP contribution is 2.51. The number of imidazole rings is 1. The van der Waals surface area contributed by atoms with Crippen molar-refractivity contribution in [2.45, 2.75) is 70.6 Å². The molecule has 0 radical (unpaired) electrons. The summed E-state index contributed by atoms with van der Waals surface area (Å²) in [5.41, 5.74) is 7.66. The number of nitrogens with zero attached hydrogens (tertiary/aromatic N) is 3. The Morgan fingerprint density at radius 2 is 1.72 bits per heavy atom. The quantitative estimate of drug-likeness (QED) is 0.257. The Morgan fingerprint density at radius 1 is 1.00 bits per heavy atom. The smallest absolute Gasteiger partial charge is 0.352 e. The van der Waals surface area contributed by atoms with E-state index in [1.165, 1.54) is 6.07 Å². The number of halogens is 3. The Kier molecular flexibility index (Phi) is 7.03. The highest BCUT2D eigenvalue weighted by Gasteiger charge is 2.50. The van der Waals surface area contributed by atoms with Crippen LogP contribution >= 0.6 is 0 Å². The van der Waals surface area contributed by atoms with Gasteiger partial charge in [-0.1, -0.05) is 18.2 Å². The van der Waals surface area contributed by atoms with Gasteiger partial charge in [0.05, 0.1) is 16.8 Å². The van der Waals surface area contributed by atoms with Crippen molar-refractivity contribution in [3.63, 3.8) is 0 Å². The van der Waals surface area contributed by atoms with E-state index in [0.29, 0.717) is 47.5 Å². The number of carbonyl (C=O) groups excluding carboxylic acids is 2. The number of amides is 2. The van der Waals surface area contributed by atoms with Crippen LogP contribution in [-0.4, -0.2) is 31.7 Å². The lowest BCUT2D eigenvalue weighted by Crippen LogP contribution is -2.56. The molecule has 3 fully saturated rings. The number of nitrogens with one attached hydrogen (secondary N) is 2. The van der Waals surface area contributed by atoms with E-state index in [-0.39, 0.29) is 23.6 Å². The summed E-state index contributed by atoms with van der Waals surface area (Å²) >= 11 is 0. The van der Waals surface area contributed by atoms with Gasteiger partial charge in [0.2, 0.25) is 11.7 Å². The minimum absolute atomic E-state index is 0.0616. The van der Waals surface area contributed by atoms with Crippen LogP contribution in [0.3, 0.4) is 0 Å². The molecule has 0 unspecified atom stereocenters. The van der Waals surface area contributed by atoms with E-state index >= 15 is 0 Å². The minimum atomic E-state index is -4.78. The normalized spacial score (nSPS) is 21.6. The van der Waals surface area contributed by atoms with E-state index < -0.39 is 28.6 Å². The summed E-state index contributed by atoms with van der Waals surface area (Å²) in [7, 11) is 0. The average molecular weight is 591 g/mol. The molecule has 4 N–H and O–H groups in total. The fourth-order valence-electron chi connectivity index (χ4n) is 6.29. The van der Waals surface area contributed by atoms with Gasteiger partial charge >= 0.3 is 6.18 Å². The fourth-order valence-corrected chi connectivity index (χ4v) is 6.29. The molecule has 0 atom stereocenters. The maximum absolute atomic E-state index is 14.2. The molecule has 2 amide bonds. The average Bonchev–Trinajstić information content (AvgIpc) is 3.40. The van der Waals surface area contributed by atoms with E-state index in [1.807, 2.05) is 19.2 Å². The third kappa shape index (κ3) is 5.61. The van der Waals surface area contributed by atoms with Gasteiger partial charge in [-0.15, -0.1) is 0 Å². The molecule has 8 nitrogen and oxygen atoms in total. The second kappa shape index (κ2) is 10.5. The number of anilines is 1. The second-order valence-corrected chi connectivity index (χ2v) is 12.2. The molecule has 2 aromatic carbocycles. The first-order valence-corrected chi connectivity index (χ1v) is 14.4. The van der Waals surface area contributed by atoms with Crippen molar-refractivity contribution in [2.24, 2.45) is 11.1 Å². The lowest BCUT2D eigenvalue weighted by Gasteiger charge is -2.50. The van der Waals surface area contributed by atoms with Crippen LogP contribution in [0, 0.1) is 19.3 Å². The Labute approximate surface area is 246 Å². The van der Waals surface area contributed by atoms with E-state index in [9.17, 15) is 22.8 Å². The third-order valence-electron chi connectivity index (χ3n) is 9.09.